The van der Waals surface area contributed by atoms with Crippen molar-refractivity contribution in [3.05, 3.63) is 29.8 Å². The van der Waals surface area contributed by atoms with Gasteiger partial charge in [-0.05, 0) is 17.7 Å². The van der Waals surface area contributed by atoms with Crippen LogP contribution in [0.1, 0.15) is 24.9 Å². The van der Waals surface area contributed by atoms with Gasteiger partial charge in [-0.2, -0.15) is 0 Å². The van der Waals surface area contributed by atoms with Crippen LogP contribution >= 0.6 is 0 Å². The Bertz CT molecular complexity index is 417. The van der Waals surface area contributed by atoms with Gasteiger partial charge in [-0.3, -0.25) is 9.59 Å². The van der Waals surface area contributed by atoms with E-state index in [4.69, 9.17) is 10.5 Å². The normalized spacial score (nSPS) is 11.7. The number of hydrogen-bond donors (Lipinski definition) is 1. The van der Waals surface area contributed by atoms with Crippen molar-refractivity contribution in [3.8, 4) is 5.75 Å². The van der Waals surface area contributed by atoms with Crippen LogP contribution in [0, 0.1) is 0 Å². The summed E-state index contributed by atoms with van der Waals surface area (Å²) in [5, 5.41) is 0. The van der Waals surface area contributed by atoms with Crippen LogP contribution in [0.3, 0.4) is 0 Å². The summed E-state index contributed by atoms with van der Waals surface area (Å²) < 4.78 is 9.46. The minimum atomic E-state index is -0.474. The lowest BCUT2D eigenvalue weighted by atomic mass is 10.0. The van der Waals surface area contributed by atoms with E-state index in [2.05, 4.69) is 4.74 Å². The Morgan fingerprint density at radius 2 is 2.12 bits per heavy atom. The van der Waals surface area contributed by atoms with E-state index in [0.29, 0.717) is 11.3 Å². The van der Waals surface area contributed by atoms with Crippen LogP contribution in [0.5, 0.6) is 5.75 Å². The lowest BCUT2D eigenvalue weighted by molar-refractivity contribution is -0.141. The molecule has 0 unspecified atom stereocenters. The first-order valence-corrected chi connectivity index (χ1v) is 5.13. The molecule has 1 aromatic rings. The SMILES string of the molecule is COC(=O)C[C@H](N)c1cccc(OC(C)=O)c1. The van der Waals surface area contributed by atoms with Gasteiger partial charge in [0.2, 0.25) is 0 Å². The zero-order chi connectivity index (χ0) is 12.8. The molecule has 0 aliphatic carbocycles. The van der Waals surface area contributed by atoms with Gasteiger partial charge in [0.25, 0.3) is 0 Å². The van der Waals surface area contributed by atoms with Gasteiger partial charge >= 0.3 is 11.9 Å². The van der Waals surface area contributed by atoms with E-state index in [1.165, 1.54) is 14.0 Å². The number of ether oxygens (including phenoxy) is 2. The van der Waals surface area contributed by atoms with Gasteiger partial charge in [-0.25, -0.2) is 0 Å². The Balaban J connectivity index is 2.76. The van der Waals surface area contributed by atoms with Crippen molar-refractivity contribution in [2.24, 2.45) is 5.73 Å². The molecule has 0 aliphatic rings. The van der Waals surface area contributed by atoms with Crippen molar-refractivity contribution in [1.82, 2.24) is 0 Å². The topological polar surface area (TPSA) is 78.6 Å². The first-order chi connectivity index (χ1) is 8.02. The molecule has 1 atom stereocenters. The van der Waals surface area contributed by atoms with Crippen LogP contribution < -0.4 is 10.5 Å². The average molecular weight is 237 g/mol. The highest BCUT2D eigenvalue weighted by molar-refractivity contribution is 5.70. The lowest BCUT2D eigenvalue weighted by Crippen LogP contribution is -2.16. The van der Waals surface area contributed by atoms with Crippen molar-refractivity contribution in [2.75, 3.05) is 7.11 Å². The monoisotopic (exact) mass is 237 g/mol. The van der Waals surface area contributed by atoms with Gasteiger partial charge < -0.3 is 15.2 Å². The third-order valence-corrected chi connectivity index (χ3v) is 2.16. The van der Waals surface area contributed by atoms with Crippen LogP contribution in [0.25, 0.3) is 0 Å². The van der Waals surface area contributed by atoms with Gasteiger partial charge in [0.1, 0.15) is 5.75 Å². The van der Waals surface area contributed by atoms with Crippen molar-refractivity contribution in [3.63, 3.8) is 0 Å². The molecule has 0 amide bonds. The van der Waals surface area contributed by atoms with Gasteiger partial charge in [-0.15, -0.1) is 0 Å². The molecule has 0 aromatic heterocycles. The molecule has 0 aliphatic heterocycles. The number of nitrogens with two attached hydrogens (primary N) is 1. The summed E-state index contributed by atoms with van der Waals surface area (Å²) >= 11 is 0. The van der Waals surface area contributed by atoms with E-state index < -0.39 is 12.0 Å². The fraction of sp³-hybridized carbons (Fsp3) is 0.333. The molecule has 0 saturated carbocycles. The summed E-state index contributed by atoms with van der Waals surface area (Å²) in [4.78, 5) is 21.9. The molecule has 0 bridgehead atoms. The average Bonchev–Trinajstić information content (AvgIpc) is 2.28. The Morgan fingerprint density at radius 1 is 1.41 bits per heavy atom. The second kappa shape index (κ2) is 6.00. The maximum Gasteiger partial charge on any atom is 0.308 e. The highest BCUT2D eigenvalue weighted by atomic mass is 16.5. The van der Waals surface area contributed by atoms with Gasteiger partial charge in [0.15, 0.2) is 0 Å². The van der Waals surface area contributed by atoms with Gasteiger partial charge in [0.05, 0.1) is 13.5 Å². The molecule has 0 fully saturated rings. The second-order valence-corrected chi connectivity index (χ2v) is 3.55. The molecule has 0 saturated heterocycles. The molecule has 0 heterocycles. The summed E-state index contributed by atoms with van der Waals surface area (Å²) in [6, 6.07) is 6.29. The van der Waals surface area contributed by atoms with E-state index >= 15 is 0 Å². The molecular weight excluding hydrogens is 222 g/mol. The summed E-state index contributed by atoms with van der Waals surface area (Å²) in [6.07, 6.45) is 0.0834. The quantitative estimate of drug-likeness (QED) is 0.628. The summed E-state index contributed by atoms with van der Waals surface area (Å²) in [5.74, 6) is -0.366. The van der Waals surface area contributed by atoms with E-state index in [0.717, 1.165) is 0 Å². The first kappa shape index (κ1) is 13.2. The Morgan fingerprint density at radius 3 is 2.71 bits per heavy atom. The largest absolute Gasteiger partial charge is 0.469 e. The molecule has 1 rings (SSSR count). The van der Waals surface area contributed by atoms with Crippen LogP contribution in [0.15, 0.2) is 24.3 Å². The number of esters is 2. The van der Waals surface area contributed by atoms with Crippen LogP contribution in [0.2, 0.25) is 0 Å². The maximum absolute atomic E-state index is 11.1. The Hall–Kier alpha value is -1.88. The molecule has 0 radical (unpaired) electrons. The number of rotatable bonds is 4. The highest BCUT2D eigenvalue weighted by Crippen LogP contribution is 2.20. The zero-order valence-electron chi connectivity index (χ0n) is 9.80. The summed E-state index contributed by atoms with van der Waals surface area (Å²) in [7, 11) is 1.31. The standard InChI is InChI=1S/C12H15NO4/c1-8(14)17-10-5-3-4-9(6-10)11(13)7-12(15)16-2/h3-6,11H,7,13H2,1-2H3/t11-/m0/s1. The Kier molecular flexibility index (Phi) is 4.66. The highest BCUT2D eigenvalue weighted by Gasteiger charge is 2.12. The van der Waals surface area contributed by atoms with E-state index in [1.807, 2.05) is 0 Å². The second-order valence-electron chi connectivity index (χ2n) is 3.55. The fourth-order valence-electron chi connectivity index (χ4n) is 1.36. The van der Waals surface area contributed by atoms with Crippen molar-refractivity contribution in [1.29, 1.82) is 0 Å². The summed E-state index contributed by atoms with van der Waals surface area (Å²) in [5.41, 5.74) is 6.55. The minimum Gasteiger partial charge on any atom is -0.469 e. The van der Waals surface area contributed by atoms with Crippen molar-refractivity contribution in [2.45, 2.75) is 19.4 Å². The fourth-order valence-corrected chi connectivity index (χ4v) is 1.36. The molecule has 1 aromatic carbocycles. The van der Waals surface area contributed by atoms with Gasteiger partial charge in [0, 0.05) is 13.0 Å². The summed E-state index contributed by atoms with van der Waals surface area (Å²) in [6.45, 7) is 1.32. The number of hydrogen-bond acceptors (Lipinski definition) is 5. The van der Waals surface area contributed by atoms with Crippen molar-refractivity contribution < 1.29 is 19.1 Å². The predicted octanol–water partition coefficient (Wildman–Crippen LogP) is 1.17. The van der Waals surface area contributed by atoms with Crippen molar-refractivity contribution >= 4 is 11.9 Å². The van der Waals surface area contributed by atoms with Crippen LogP contribution in [-0.4, -0.2) is 19.0 Å². The maximum atomic E-state index is 11.1. The molecular formula is C12H15NO4. The van der Waals surface area contributed by atoms with E-state index in [1.54, 1.807) is 24.3 Å². The number of benzene rings is 1. The molecule has 0 spiro atoms. The first-order valence-electron chi connectivity index (χ1n) is 5.13. The third-order valence-electron chi connectivity index (χ3n) is 2.16. The van der Waals surface area contributed by atoms with E-state index in [-0.39, 0.29) is 12.4 Å². The minimum absolute atomic E-state index is 0.0834. The molecule has 92 valence electrons. The molecule has 17 heavy (non-hydrogen) atoms. The van der Waals surface area contributed by atoms with Gasteiger partial charge in [-0.1, -0.05) is 12.1 Å². The number of carbonyl (C=O) groups excluding carboxylic acids is 2. The van der Waals surface area contributed by atoms with E-state index in [9.17, 15) is 9.59 Å². The molecule has 5 heteroatoms. The predicted molar refractivity (Wildman–Crippen MR) is 61.3 cm³/mol. The smallest absolute Gasteiger partial charge is 0.308 e. The van der Waals surface area contributed by atoms with Crippen LogP contribution in [0.4, 0.5) is 0 Å². The zero-order valence-corrected chi connectivity index (χ0v) is 9.80. The lowest BCUT2D eigenvalue weighted by Gasteiger charge is -2.11. The molecule has 2 N–H and O–H groups in total. The number of carbonyl (C=O) groups is 2. The van der Waals surface area contributed by atoms with Crippen LogP contribution in [-0.2, 0) is 14.3 Å². The Labute approximate surface area is 99.5 Å². The number of methoxy groups -OCH3 is 1. The third kappa shape index (κ3) is 4.24. The molecule has 5 nitrogen and oxygen atoms in total.